The lowest BCUT2D eigenvalue weighted by Gasteiger charge is -2.26. The van der Waals surface area contributed by atoms with E-state index >= 15 is 0 Å². The Kier molecular flexibility index (Phi) is 4.10. The van der Waals surface area contributed by atoms with E-state index in [0.717, 1.165) is 42.6 Å². The first kappa shape index (κ1) is 13.0. The highest BCUT2D eigenvalue weighted by Crippen LogP contribution is 2.19. The summed E-state index contributed by atoms with van der Waals surface area (Å²) in [7, 11) is 0. The van der Waals surface area contributed by atoms with Crippen molar-refractivity contribution in [3.8, 4) is 0 Å². The zero-order chi connectivity index (χ0) is 13.1. The molecule has 0 bridgehead atoms. The van der Waals surface area contributed by atoms with Crippen molar-refractivity contribution in [2.75, 3.05) is 39.3 Å². The molecule has 0 unspecified atom stereocenters. The van der Waals surface area contributed by atoms with E-state index in [2.05, 4.69) is 15.2 Å². The summed E-state index contributed by atoms with van der Waals surface area (Å²) < 4.78 is 0. The predicted molar refractivity (Wildman–Crippen MR) is 75.4 cm³/mol. The number of thiazole rings is 1. The molecule has 2 saturated heterocycles. The summed E-state index contributed by atoms with van der Waals surface area (Å²) in [6.07, 6.45) is 4.33. The van der Waals surface area contributed by atoms with E-state index in [-0.39, 0.29) is 5.91 Å². The van der Waals surface area contributed by atoms with Crippen LogP contribution < -0.4 is 5.32 Å². The number of carbonyl (C=O) groups excluding carboxylic acids is 1. The van der Waals surface area contributed by atoms with Crippen molar-refractivity contribution < 1.29 is 4.79 Å². The van der Waals surface area contributed by atoms with Crippen LogP contribution in [0, 0.1) is 0 Å². The van der Waals surface area contributed by atoms with E-state index in [0.29, 0.717) is 0 Å². The average molecular weight is 280 g/mol. The Labute approximate surface area is 117 Å². The molecule has 19 heavy (non-hydrogen) atoms. The predicted octanol–water partition coefficient (Wildman–Crippen LogP) is 0.784. The normalized spacial score (nSPS) is 20.9. The molecule has 0 saturated carbocycles. The molecule has 2 fully saturated rings. The molecule has 5 nitrogen and oxygen atoms in total. The Balaban J connectivity index is 1.61. The number of nitrogens with one attached hydrogen (secondary N) is 1. The maximum Gasteiger partial charge on any atom is 0.265 e. The van der Waals surface area contributed by atoms with Gasteiger partial charge in [0.2, 0.25) is 0 Å². The highest BCUT2D eigenvalue weighted by atomic mass is 32.1. The molecule has 0 aromatic carbocycles. The summed E-state index contributed by atoms with van der Waals surface area (Å²) in [4.78, 5) is 21.8. The van der Waals surface area contributed by atoms with Crippen LogP contribution in [0.25, 0.3) is 0 Å². The molecule has 1 aromatic rings. The monoisotopic (exact) mass is 280 g/mol. The lowest BCUT2D eigenvalue weighted by Crippen LogP contribution is -2.46. The first-order valence-corrected chi connectivity index (χ1v) is 7.81. The molecule has 1 N–H and O–H groups in total. The molecular formula is C13H20N4OS. The smallest absolute Gasteiger partial charge is 0.265 e. The maximum absolute atomic E-state index is 12.3. The Morgan fingerprint density at radius 3 is 2.74 bits per heavy atom. The zero-order valence-corrected chi connectivity index (χ0v) is 11.9. The Hall–Kier alpha value is -0.980. The van der Waals surface area contributed by atoms with Crippen molar-refractivity contribution in [1.82, 2.24) is 20.1 Å². The van der Waals surface area contributed by atoms with E-state index in [9.17, 15) is 4.79 Å². The summed E-state index contributed by atoms with van der Waals surface area (Å²) in [5, 5.41) is 4.33. The SMILES string of the molecule is O=C(c1cnc(CN2CCCC2)s1)N1CCNCC1. The van der Waals surface area contributed by atoms with E-state index in [1.165, 1.54) is 25.9 Å². The second-order valence-electron chi connectivity index (χ2n) is 5.14. The van der Waals surface area contributed by atoms with Gasteiger partial charge in [-0.15, -0.1) is 11.3 Å². The molecule has 1 amide bonds. The van der Waals surface area contributed by atoms with Gasteiger partial charge in [0.25, 0.3) is 5.91 Å². The van der Waals surface area contributed by atoms with Crippen molar-refractivity contribution in [1.29, 1.82) is 0 Å². The van der Waals surface area contributed by atoms with Crippen LogP contribution in [0.3, 0.4) is 0 Å². The topological polar surface area (TPSA) is 48.5 Å². The zero-order valence-electron chi connectivity index (χ0n) is 11.1. The molecule has 0 atom stereocenters. The van der Waals surface area contributed by atoms with Crippen molar-refractivity contribution in [3.63, 3.8) is 0 Å². The fourth-order valence-corrected chi connectivity index (χ4v) is 3.57. The first-order valence-electron chi connectivity index (χ1n) is 7.00. The van der Waals surface area contributed by atoms with Crippen molar-refractivity contribution in [2.45, 2.75) is 19.4 Å². The standard InChI is InChI=1S/C13H20N4OS/c18-13(17-7-3-14-4-8-17)11-9-15-12(19-11)10-16-5-1-2-6-16/h9,14H,1-8,10H2. The van der Waals surface area contributed by atoms with Crippen LogP contribution in [0.2, 0.25) is 0 Å². The number of aromatic nitrogens is 1. The molecule has 0 aliphatic carbocycles. The van der Waals surface area contributed by atoms with Gasteiger partial charge in [-0.3, -0.25) is 9.69 Å². The quantitative estimate of drug-likeness (QED) is 0.889. The summed E-state index contributed by atoms with van der Waals surface area (Å²) in [5.74, 6) is 0.145. The lowest BCUT2D eigenvalue weighted by molar-refractivity contribution is 0.0740. The van der Waals surface area contributed by atoms with Gasteiger partial charge in [0.1, 0.15) is 9.88 Å². The van der Waals surface area contributed by atoms with Crippen molar-refractivity contribution >= 4 is 17.2 Å². The Morgan fingerprint density at radius 1 is 1.26 bits per heavy atom. The molecule has 0 radical (unpaired) electrons. The van der Waals surface area contributed by atoms with Crippen LogP contribution in [-0.2, 0) is 6.54 Å². The van der Waals surface area contributed by atoms with E-state index in [4.69, 9.17) is 0 Å². The average Bonchev–Trinajstić information content (AvgIpc) is 3.11. The minimum Gasteiger partial charge on any atom is -0.335 e. The van der Waals surface area contributed by atoms with Gasteiger partial charge in [-0.1, -0.05) is 0 Å². The summed E-state index contributed by atoms with van der Waals surface area (Å²) in [6.45, 7) is 6.63. The van der Waals surface area contributed by atoms with Crippen molar-refractivity contribution in [2.24, 2.45) is 0 Å². The van der Waals surface area contributed by atoms with E-state index in [1.807, 2.05) is 4.90 Å². The summed E-state index contributed by atoms with van der Waals surface area (Å²) in [5.41, 5.74) is 0. The highest BCUT2D eigenvalue weighted by molar-refractivity contribution is 7.13. The molecule has 3 rings (SSSR count). The molecule has 0 spiro atoms. The van der Waals surface area contributed by atoms with Crippen LogP contribution >= 0.6 is 11.3 Å². The second kappa shape index (κ2) is 5.98. The number of nitrogens with zero attached hydrogens (tertiary/aromatic N) is 3. The number of amides is 1. The number of likely N-dealkylation sites (tertiary alicyclic amines) is 1. The highest BCUT2D eigenvalue weighted by Gasteiger charge is 2.21. The van der Waals surface area contributed by atoms with Crippen LogP contribution in [0.5, 0.6) is 0 Å². The van der Waals surface area contributed by atoms with Crippen LogP contribution in [0.15, 0.2) is 6.20 Å². The first-order chi connectivity index (χ1) is 9.33. The number of hydrogen-bond acceptors (Lipinski definition) is 5. The Morgan fingerprint density at radius 2 is 2.00 bits per heavy atom. The van der Waals surface area contributed by atoms with E-state index in [1.54, 1.807) is 17.5 Å². The van der Waals surface area contributed by atoms with Gasteiger partial charge in [-0.05, 0) is 25.9 Å². The van der Waals surface area contributed by atoms with Gasteiger partial charge in [0.15, 0.2) is 0 Å². The Bertz CT molecular complexity index is 436. The van der Waals surface area contributed by atoms with Crippen molar-refractivity contribution in [3.05, 3.63) is 16.1 Å². The van der Waals surface area contributed by atoms with E-state index < -0.39 is 0 Å². The summed E-state index contributed by atoms with van der Waals surface area (Å²) >= 11 is 1.56. The molecule has 6 heteroatoms. The molecule has 3 heterocycles. The van der Waals surface area contributed by atoms with Gasteiger partial charge in [0, 0.05) is 26.2 Å². The maximum atomic E-state index is 12.3. The van der Waals surface area contributed by atoms with Crippen LogP contribution in [0.1, 0.15) is 27.5 Å². The number of piperazine rings is 1. The third-order valence-corrected chi connectivity index (χ3v) is 4.70. The molecule has 104 valence electrons. The minimum absolute atomic E-state index is 0.145. The molecule has 2 aliphatic heterocycles. The molecule has 1 aromatic heterocycles. The fourth-order valence-electron chi connectivity index (χ4n) is 2.64. The third-order valence-electron chi connectivity index (χ3n) is 3.73. The molecular weight excluding hydrogens is 260 g/mol. The lowest BCUT2D eigenvalue weighted by atomic mass is 10.3. The number of rotatable bonds is 3. The minimum atomic E-state index is 0.145. The van der Waals surface area contributed by atoms with Gasteiger partial charge in [0.05, 0.1) is 12.7 Å². The van der Waals surface area contributed by atoms with Gasteiger partial charge in [-0.2, -0.15) is 0 Å². The van der Waals surface area contributed by atoms with Crippen LogP contribution in [0.4, 0.5) is 0 Å². The van der Waals surface area contributed by atoms with Gasteiger partial charge in [-0.25, -0.2) is 4.98 Å². The number of hydrogen-bond donors (Lipinski definition) is 1. The number of carbonyl (C=O) groups is 1. The van der Waals surface area contributed by atoms with Gasteiger partial charge < -0.3 is 10.2 Å². The molecule has 2 aliphatic rings. The largest absolute Gasteiger partial charge is 0.335 e. The van der Waals surface area contributed by atoms with Gasteiger partial charge >= 0.3 is 0 Å². The summed E-state index contributed by atoms with van der Waals surface area (Å²) in [6, 6.07) is 0. The fraction of sp³-hybridized carbons (Fsp3) is 0.692. The second-order valence-corrected chi connectivity index (χ2v) is 6.26. The third kappa shape index (κ3) is 3.13. The van der Waals surface area contributed by atoms with Crippen LogP contribution in [-0.4, -0.2) is 60.0 Å².